The number of hydrogen-bond acceptors (Lipinski definition) is 7. The van der Waals surface area contributed by atoms with E-state index in [1.807, 2.05) is 38.3 Å². The van der Waals surface area contributed by atoms with Crippen molar-refractivity contribution in [1.82, 2.24) is 9.88 Å². The van der Waals surface area contributed by atoms with E-state index in [4.69, 9.17) is 10.4 Å². The highest BCUT2D eigenvalue weighted by Crippen LogP contribution is 2.32. The summed E-state index contributed by atoms with van der Waals surface area (Å²) in [5.74, 6) is 0.990. The SMILES string of the molecule is CCN1CCN(c2ccc(-c3cc(NC(C)(C)C)c(C=N)c(C(=O)CCC4=C(C)C=C(C)CC4=O)c3)cn2)CC1. The Morgan fingerprint density at radius 3 is 2.40 bits per heavy atom. The van der Waals surface area contributed by atoms with Crippen molar-refractivity contribution in [3.8, 4) is 11.1 Å². The highest BCUT2D eigenvalue weighted by Gasteiger charge is 2.23. The van der Waals surface area contributed by atoms with E-state index in [1.54, 1.807) is 0 Å². The number of ketones is 2. The van der Waals surface area contributed by atoms with Gasteiger partial charge in [-0.15, -0.1) is 0 Å². The Balaban J connectivity index is 1.64. The molecule has 2 aliphatic rings. The van der Waals surface area contributed by atoms with Gasteiger partial charge < -0.3 is 20.5 Å². The lowest BCUT2D eigenvalue weighted by molar-refractivity contribution is -0.115. The molecule has 212 valence electrons. The number of piperazine rings is 1. The molecule has 7 heteroatoms. The molecule has 40 heavy (non-hydrogen) atoms. The zero-order valence-corrected chi connectivity index (χ0v) is 24.9. The van der Waals surface area contributed by atoms with Crippen LogP contribution in [0.15, 0.2) is 53.3 Å². The summed E-state index contributed by atoms with van der Waals surface area (Å²) in [5.41, 5.74) is 6.06. The van der Waals surface area contributed by atoms with Crippen LogP contribution in [-0.2, 0) is 4.79 Å². The first-order valence-electron chi connectivity index (χ1n) is 14.3. The molecular weight excluding hydrogens is 498 g/mol. The van der Waals surface area contributed by atoms with E-state index in [0.29, 0.717) is 24.0 Å². The van der Waals surface area contributed by atoms with Crippen molar-refractivity contribution in [3.05, 3.63) is 64.4 Å². The minimum Gasteiger partial charge on any atom is -0.380 e. The first-order chi connectivity index (χ1) is 19.0. The molecule has 2 aromatic rings. The van der Waals surface area contributed by atoms with Gasteiger partial charge in [-0.05, 0) is 88.6 Å². The number of nitrogens with one attached hydrogen (secondary N) is 2. The van der Waals surface area contributed by atoms with Crippen molar-refractivity contribution < 1.29 is 9.59 Å². The fourth-order valence-electron chi connectivity index (χ4n) is 5.55. The normalized spacial score (nSPS) is 16.7. The fraction of sp³-hybridized carbons (Fsp3) is 0.455. The fourth-order valence-corrected chi connectivity index (χ4v) is 5.55. The Bertz CT molecular complexity index is 1340. The second-order valence-corrected chi connectivity index (χ2v) is 12.0. The number of hydrogen-bond donors (Lipinski definition) is 2. The highest BCUT2D eigenvalue weighted by molar-refractivity contribution is 6.08. The van der Waals surface area contributed by atoms with Gasteiger partial charge in [0.1, 0.15) is 5.82 Å². The molecule has 7 nitrogen and oxygen atoms in total. The third kappa shape index (κ3) is 6.94. The van der Waals surface area contributed by atoms with Crippen molar-refractivity contribution >= 4 is 29.3 Å². The number of allylic oxidation sites excluding steroid dienone is 4. The van der Waals surface area contributed by atoms with Crippen LogP contribution in [0, 0.1) is 5.41 Å². The van der Waals surface area contributed by atoms with E-state index < -0.39 is 0 Å². The molecule has 0 atom stereocenters. The Kier molecular flexibility index (Phi) is 9.04. The average Bonchev–Trinajstić information content (AvgIpc) is 2.91. The van der Waals surface area contributed by atoms with E-state index in [9.17, 15) is 9.59 Å². The van der Waals surface area contributed by atoms with Gasteiger partial charge in [0, 0.05) is 79.3 Å². The average molecular weight is 542 g/mol. The minimum absolute atomic E-state index is 0.0740. The van der Waals surface area contributed by atoms with Crippen LogP contribution in [0.2, 0.25) is 0 Å². The van der Waals surface area contributed by atoms with Gasteiger partial charge in [0.05, 0.1) is 0 Å². The van der Waals surface area contributed by atoms with Crippen LogP contribution in [0.25, 0.3) is 11.1 Å². The van der Waals surface area contributed by atoms with Gasteiger partial charge in [0.15, 0.2) is 11.6 Å². The first-order valence-corrected chi connectivity index (χ1v) is 14.3. The number of rotatable bonds is 9. The third-order valence-corrected chi connectivity index (χ3v) is 7.68. The number of nitrogens with zero attached hydrogens (tertiary/aromatic N) is 3. The zero-order chi connectivity index (χ0) is 29.0. The number of anilines is 2. The number of carbonyl (C=O) groups excluding carboxylic acids is 2. The summed E-state index contributed by atoms with van der Waals surface area (Å²) in [5, 5.41) is 11.7. The predicted molar refractivity (Wildman–Crippen MR) is 165 cm³/mol. The standard InChI is InChI=1S/C33H43N5O2/c1-7-37-12-14-38(15-13-37)32-11-8-24(21-35-32)25-18-27(28(20-34)29(19-25)36-33(4,5)6)30(39)10-9-26-23(3)16-22(2)17-31(26)40/h8,11,16,18-21,34,36H,7,9-10,12-15,17H2,1-6H3. The van der Waals surface area contributed by atoms with Crippen molar-refractivity contribution in [2.45, 2.75) is 66.3 Å². The second-order valence-electron chi connectivity index (χ2n) is 12.0. The number of likely N-dealkylation sites (N-methyl/N-ethyl adjacent to an activating group) is 1. The van der Waals surface area contributed by atoms with Gasteiger partial charge in [-0.2, -0.15) is 0 Å². The van der Waals surface area contributed by atoms with E-state index in [2.05, 4.69) is 54.9 Å². The van der Waals surface area contributed by atoms with Crippen molar-refractivity contribution in [1.29, 1.82) is 5.41 Å². The molecule has 0 saturated carbocycles. The Labute approximate surface area is 238 Å². The summed E-state index contributed by atoms with van der Waals surface area (Å²) in [6.07, 6.45) is 6.20. The smallest absolute Gasteiger partial charge is 0.163 e. The van der Waals surface area contributed by atoms with Crippen molar-refractivity contribution in [2.75, 3.05) is 42.9 Å². The molecule has 1 aliphatic heterocycles. The monoisotopic (exact) mass is 541 g/mol. The molecule has 1 saturated heterocycles. The maximum Gasteiger partial charge on any atom is 0.163 e. The number of aromatic nitrogens is 1. The Hall–Kier alpha value is -3.58. The molecule has 2 heterocycles. The molecule has 0 amide bonds. The molecule has 2 N–H and O–H groups in total. The quantitative estimate of drug-likeness (QED) is 0.286. The molecule has 1 aromatic heterocycles. The van der Waals surface area contributed by atoms with Crippen molar-refractivity contribution in [3.63, 3.8) is 0 Å². The number of Topliss-reactive ketones (excluding diaryl/α,β-unsaturated/α-hetero) is 2. The van der Waals surface area contributed by atoms with Crippen LogP contribution in [-0.4, -0.2) is 65.9 Å². The van der Waals surface area contributed by atoms with Gasteiger partial charge in [0.2, 0.25) is 0 Å². The minimum atomic E-state index is -0.264. The van der Waals surface area contributed by atoms with Gasteiger partial charge in [-0.25, -0.2) is 4.98 Å². The third-order valence-electron chi connectivity index (χ3n) is 7.68. The first kappa shape index (κ1) is 29.4. The topological polar surface area (TPSA) is 89.4 Å². The lowest BCUT2D eigenvalue weighted by Gasteiger charge is -2.34. The molecule has 1 aromatic carbocycles. The van der Waals surface area contributed by atoms with Crippen LogP contribution >= 0.6 is 0 Å². The van der Waals surface area contributed by atoms with Gasteiger partial charge >= 0.3 is 0 Å². The predicted octanol–water partition coefficient (Wildman–Crippen LogP) is 6.30. The molecule has 4 rings (SSSR count). The lowest BCUT2D eigenvalue weighted by Crippen LogP contribution is -2.46. The van der Waals surface area contributed by atoms with Crippen molar-refractivity contribution in [2.24, 2.45) is 0 Å². The molecule has 0 bridgehead atoms. The van der Waals surface area contributed by atoms with E-state index in [1.165, 1.54) is 6.21 Å². The van der Waals surface area contributed by atoms with Gasteiger partial charge in [-0.1, -0.05) is 18.6 Å². The summed E-state index contributed by atoms with van der Waals surface area (Å²) in [7, 11) is 0. The highest BCUT2D eigenvalue weighted by atomic mass is 16.1. The molecular formula is C33H43N5O2. The number of pyridine rings is 1. The molecule has 0 unspecified atom stereocenters. The number of carbonyl (C=O) groups is 2. The van der Waals surface area contributed by atoms with E-state index >= 15 is 0 Å². The zero-order valence-electron chi connectivity index (χ0n) is 24.9. The Morgan fingerprint density at radius 1 is 1.10 bits per heavy atom. The molecule has 0 spiro atoms. The summed E-state index contributed by atoms with van der Waals surface area (Å²) in [6.45, 7) is 17.3. The summed E-state index contributed by atoms with van der Waals surface area (Å²) >= 11 is 0. The summed E-state index contributed by atoms with van der Waals surface area (Å²) in [6, 6.07) is 8.00. The van der Waals surface area contributed by atoms with Crippen LogP contribution in [0.4, 0.5) is 11.5 Å². The number of benzene rings is 1. The molecule has 1 aliphatic carbocycles. The van der Waals surface area contributed by atoms with Crippen LogP contribution in [0.5, 0.6) is 0 Å². The van der Waals surface area contributed by atoms with Gasteiger partial charge in [-0.3, -0.25) is 9.59 Å². The Morgan fingerprint density at radius 2 is 1.82 bits per heavy atom. The van der Waals surface area contributed by atoms with Gasteiger partial charge in [0.25, 0.3) is 0 Å². The molecule has 1 fully saturated rings. The van der Waals surface area contributed by atoms with Crippen LogP contribution < -0.4 is 10.2 Å². The lowest BCUT2D eigenvalue weighted by atomic mass is 9.87. The summed E-state index contributed by atoms with van der Waals surface area (Å²) < 4.78 is 0. The largest absolute Gasteiger partial charge is 0.380 e. The summed E-state index contributed by atoms with van der Waals surface area (Å²) in [4.78, 5) is 35.8. The van der Waals surface area contributed by atoms with E-state index in [0.717, 1.165) is 72.1 Å². The second kappa shape index (κ2) is 12.3. The van der Waals surface area contributed by atoms with Crippen LogP contribution in [0.3, 0.4) is 0 Å². The van der Waals surface area contributed by atoms with E-state index in [-0.39, 0.29) is 23.5 Å². The molecule has 0 radical (unpaired) electrons. The van der Waals surface area contributed by atoms with Crippen LogP contribution in [0.1, 0.15) is 76.7 Å². The maximum absolute atomic E-state index is 13.7. The maximum atomic E-state index is 13.7.